The van der Waals surface area contributed by atoms with Crippen LogP contribution in [0, 0.1) is 11.3 Å². The molecule has 0 saturated carbocycles. The highest BCUT2D eigenvalue weighted by atomic mass is 16.5. The van der Waals surface area contributed by atoms with Crippen LogP contribution in [0.4, 0.5) is 5.69 Å². The van der Waals surface area contributed by atoms with E-state index in [9.17, 15) is 19.6 Å². The zero-order valence-electron chi connectivity index (χ0n) is 17.4. The number of nitrogens with one attached hydrogen (secondary N) is 1. The standard InChI is InChI=1S/C25H18N2O6/c1-32-21-11-9-16(10-12-21)25(31)33-22-8-3-2-5-17(22)13-19(15-26)23(28)27-20-7-4-6-18(14-20)24(29)30/h2-14H,1H3,(H,27,28)(H,29,30)/b19-13-. The van der Waals surface area contributed by atoms with Crippen molar-refractivity contribution >= 4 is 29.6 Å². The van der Waals surface area contributed by atoms with Gasteiger partial charge in [0.15, 0.2) is 0 Å². The third-order valence-electron chi connectivity index (χ3n) is 4.48. The predicted molar refractivity (Wildman–Crippen MR) is 120 cm³/mol. The van der Waals surface area contributed by atoms with E-state index in [1.807, 2.05) is 6.07 Å². The first-order valence-electron chi connectivity index (χ1n) is 9.63. The maximum absolute atomic E-state index is 12.6. The van der Waals surface area contributed by atoms with Crippen molar-refractivity contribution in [3.8, 4) is 17.6 Å². The van der Waals surface area contributed by atoms with Crippen LogP contribution < -0.4 is 14.8 Å². The average molecular weight is 442 g/mol. The molecule has 0 heterocycles. The summed E-state index contributed by atoms with van der Waals surface area (Å²) < 4.78 is 10.5. The number of amides is 1. The van der Waals surface area contributed by atoms with Gasteiger partial charge in [-0.05, 0) is 54.6 Å². The number of esters is 1. The van der Waals surface area contributed by atoms with Gasteiger partial charge in [-0.2, -0.15) is 5.26 Å². The van der Waals surface area contributed by atoms with Crippen molar-refractivity contribution < 1.29 is 29.0 Å². The molecule has 0 aliphatic carbocycles. The van der Waals surface area contributed by atoms with Crippen LogP contribution in [-0.4, -0.2) is 30.1 Å². The molecule has 164 valence electrons. The molecule has 33 heavy (non-hydrogen) atoms. The maximum atomic E-state index is 12.6. The Labute approximate surface area is 189 Å². The van der Waals surface area contributed by atoms with Crippen molar-refractivity contribution in [1.82, 2.24) is 0 Å². The molecular weight excluding hydrogens is 424 g/mol. The van der Waals surface area contributed by atoms with Crippen molar-refractivity contribution in [1.29, 1.82) is 5.26 Å². The Morgan fingerprint density at radius 3 is 2.36 bits per heavy atom. The summed E-state index contributed by atoms with van der Waals surface area (Å²) in [7, 11) is 1.52. The van der Waals surface area contributed by atoms with E-state index < -0.39 is 17.8 Å². The van der Waals surface area contributed by atoms with Crippen LogP contribution in [0.3, 0.4) is 0 Å². The lowest BCUT2D eigenvalue weighted by atomic mass is 10.1. The van der Waals surface area contributed by atoms with Gasteiger partial charge in [-0.1, -0.05) is 24.3 Å². The Kier molecular flexibility index (Phi) is 7.19. The first-order chi connectivity index (χ1) is 15.9. The van der Waals surface area contributed by atoms with Crippen LogP contribution in [0.15, 0.2) is 78.4 Å². The van der Waals surface area contributed by atoms with Crippen LogP contribution in [0.5, 0.6) is 11.5 Å². The van der Waals surface area contributed by atoms with E-state index in [-0.39, 0.29) is 22.6 Å². The van der Waals surface area contributed by atoms with E-state index >= 15 is 0 Å². The van der Waals surface area contributed by atoms with Gasteiger partial charge in [0.2, 0.25) is 0 Å². The number of methoxy groups -OCH3 is 1. The number of nitrogens with zero attached hydrogens (tertiary/aromatic N) is 1. The molecule has 0 spiro atoms. The second-order valence-corrected chi connectivity index (χ2v) is 6.67. The van der Waals surface area contributed by atoms with Crippen LogP contribution in [0.1, 0.15) is 26.3 Å². The van der Waals surface area contributed by atoms with Gasteiger partial charge in [0.1, 0.15) is 23.1 Å². The number of para-hydroxylation sites is 1. The van der Waals surface area contributed by atoms with E-state index in [1.165, 1.54) is 43.5 Å². The van der Waals surface area contributed by atoms with Gasteiger partial charge in [-0.3, -0.25) is 4.79 Å². The van der Waals surface area contributed by atoms with Crippen molar-refractivity contribution in [2.45, 2.75) is 0 Å². The molecular formula is C25H18N2O6. The Bertz CT molecular complexity index is 1270. The summed E-state index contributed by atoms with van der Waals surface area (Å²) in [6.45, 7) is 0. The Morgan fingerprint density at radius 1 is 0.970 bits per heavy atom. The number of carboxylic acids is 1. The van der Waals surface area contributed by atoms with Crippen LogP contribution in [-0.2, 0) is 4.79 Å². The van der Waals surface area contributed by atoms with Crippen molar-refractivity contribution in [3.05, 3.63) is 95.1 Å². The smallest absolute Gasteiger partial charge is 0.343 e. The topological polar surface area (TPSA) is 126 Å². The number of aromatic carboxylic acids is 1. The fourth-order valence-electron chi connectivity index (χ4n) is 2.81. The van der Waals surface area contributed by atoms with Gasteiger partial charge in [0, 0.05) is 11.3 Å². The number of benzene rings is 3. The molecule has 0 atom stereocenters. The molecule has 3 aromatic carbocycles. The minimum atomic E-state index is -1.14. The highest BCUT2D eigenvalue weighted by Gasteiger charge is 2.15. The molecule has 8 heteroatoms. The molecule has 0 aliphatic rings. The maximum Gasteiger partial charge on any atom is 0.343 e. The summed E-state index contributed by atoms with van der Waals surface area (Å²) in [4.78, 5) is 36.2. The molecule has 1 amide bonds. The van der Waals surface area contributed by atoms with Crippen molar-refractivity contribution in [3.63, 3.8) is 0 Å². The second kappa shape index (κ2) is 10.4. The number of rotatable bonds is 7. The zero-order chi connectivity index (χ0) is 23.8. The number of nitriles is 1. The van der Waals surface area contributed by atoms with Gasteiger partial charge in [0.05, 0.1) is 18.2 Å². The molecule has 0 radical (unpaired) electrons. The normalized spacial score (nSPS) is 10.6. The Balaban J connectivity index is 1.82. The fraction of sp³-hybridized carbons (Fsp3) is 0.0400. The summed E-state index contributed by atoms with van der Waals surface area (Å²) in [5, 5.41) is 21.1. The van der Waals surface area contributed by atoms with Crippen molar-refractivity contribution in [2.75, 3.05) is 12.4 Å². The molecule has 0 unspecified atom stereocenters. The Morgan fingerprint density at radius 2 is 1.70 bits per heavy atom. The van der Waals surface area contributed by atoms with Gasteiger partial charge < -0.3 is 19.9 Å². The summed E-state index contributed by atoms with van der Waals surface area (Å²) >= 11 is 0. The molecule has 3 rings (SSSR count). The molecule has 0 fully saturated rings. The second-order valence-electron chi connectivity index (χ2n) is 6.67. The van der Waals surface area contributed by atoms with E-state index in [0.717, 1.165) is 0 Å². The van der Waals surface area contributed by atoms with Crippen LogP contribution in [0.2, 0.25) is 0 Å². The summed E-state index contributed by atoms with van der Waals surface area (Å²) in [6.07, 6.45) is 1.28. The highest BCUT2D eigenvalue weighted by Crippen LogP contribution is 2.23. The molecule has 2 N–H and O–H groups in total. The minimum Gasteiger partial charge on any atom is -0.497 e. The molecule has 0 bridgehead atoms. The minimum absolute atomic E-state index is 0.00826. The number of hydrogen-bond donors (Lipinski definition) is 2. The van der Waals surface area contributed by atoms with Gasteiger partial charge in [0.25, 0.3) is 5.91 Å². The lowest BCUT2D eigenvalue weighted by Gasteiger charge is -2.09. The SMILES string of the molecule is COc1ccc(C(=O)Oc2ccccc2/C=C(/C#N)C(=O)Nc2cccc(C(=O)O)c2)cc1. The third kappa shape index (κ3) is 5.83. The van der Waals surface area contributed by atoms with Crippen LogP contribution in [0.25, 0.3) is 6.08 Å². The summed E-state index contributed by atoms with van der Waals surface area (Å²) in [5.41, 5.74) is 0.589. The number of hydrogen-bond acceptors (Lipinski definition) is 6. The lowest BCUT2D eigenvalue weighted by Crippen LogP contribution is -2.14. The van der Waals surface area contributed by atoms with Crippen molar-refractivity contribution in [2.24, 2.45) is 0 Å². The Hall–Kier alpha value is -4.90. The summed E-state index contributed by atoms with van der Waals surface area (Å²) in [5.74, 6) is -1.75. The van der Waals surface area contributed by atoms with Gasteiger partial charge in [-0.15, -0.1) is 0 Å². The molecule has 0 aliphatic heterocycles. The van der Waals surface area contributed by atoms with Gasteiger partial charge >= 0.3 is 11.9 Å². The van der Waals surface area contributed by atoms with E-state index in [0.29, 0.717) is 16.9 Å². The first kappa shape index (κ1) is 22.8. The largest absolute Gasteiger partial charge is 0.497 e. The van der Waals surface area contributed by atoms with E-state index in [2.05, 4.69) is 5.32 Å². The lowest BCUT2D eigenvalue weighted by molar-refractivity contribution is -0.112. The molecule has 3 aromatic rings. The zero-order valence-corrected chi connectivity index (χ0v) is 17.4. The monoisotopic (exact) mass is 442 g/mol. The average Bonchev–Trinajstić information content (AvgIpc) is 2.83. The third-order valence-corrected chi connectivity index (χ3v) is 4.48. The number of carboxylic acid groups (broad SMARTS) is 1. The quantitative estimate of drug-likeness (QED) is 0.244. The van der Waals surface area contributed by atoms with E-state index in [4.69, 9.17) is 14.6 Å². The molecule has 8 nitrogen and oxygen atoms in total. The first-order valence-corrected chi connectivity index (χ1v) is 9.63. The number of anilines is 1. The number of carbonyl (C=O) groups is 3. The predicted octanol–water partition coefficient (Wildman–Crippen LogP) is 4.16. The molecule has 0 saturated heterocycles. The summed E-state index contributed by atoms with van der Waals surface area (Å²) in [6, 6.07) is 20.3. The van der Waals surface area contributed by atoms with Gasteiger partial charge in [-0.25, -0.2) is 9.59 Å². The number of carbonyl (C=O) groups excluding carboxylic acids is 2. The van der Waals surface area contributed by atoms with Crippen LogP contribution >= 0.6 is 0 Å². The number of ether oxygens (including phenoxy) is 2. The highest BCUT2D eigenvalue weighted by molar-refractivity contribution is 6.10. The van der Waals surface area contributed by atoms with E-state index in [1.54, 1.807) is 42.5 Å². The molecule has 0 aromatic heterocycles. The fourth-order valence-corrected chi connectivity index (χ4v) is 2.81.